The Morgan fingerprint density at radius 2 is 1.24 bits per heavy atom. The maximum atomic E-state index is 12.9. The quantitative estimate of drug-likeness (QED) is 0.105. The molecule has 0 aromatic heterocycles. The number of hydrogen-bond acceptors (Lipinski definition) is 9. The number of nitrogens with two attached hydrogens (primary N) is 2. The highest BCUT2D eigenvalue weighted by Gasteiger charge is 2.31. The molecule has 15 heteroatoms. The van der Waals surface area contributed by atoms with Crippen molar-refractivity contribution < 1.29 is 39.0 Å². The van der Waals surface area contributed by atoms with Gasteiger partial charge in [-0.15, -0.1) is 0 Å². The molecule has 0 radical (unpaired) electrons. The normalized spacial score (nSPS) is 14.2. The second kappa shape index (κ2) is 17.0. The van der Waals surface area contributed by atoms with Crippen LogP contribution in [0.1, 0.15) is 32.1 Å². The number of aliphatic carboxylic acids is 2. The average molecular weight is 524 g/mol. The molecule has 0 aliphatic carbocycles. The smallest absolute Gasteiger partial charge is 0.326 e. The van der Waals surface area contributed by atoms with Crippen LogP contribution in [-0.4, -0.2) is 94.0 Å². The highest BCUT2D eigenvalue weighted by atomic mass is 32.2. The summed E-state index contributed by atoms with van der Waals surface area (Å²) in [6, 6.07) is -4.98. The summed E-state index contributed by atoms with van der Waals surface area (Å²) in [6.07, 6.45) is 2.71. The van der Waals surface area contributed by atoms with Gasteiger partial charge < -0.3 is 37.6 Å². The zero-order valence-corrected chi connectivity index (χ0v) is 20.7. The lowest BCUT2D eigenvalue weighted by Gasteiger charge is -2.25. The number of carbonyl (C=O) groups is 6. The molecule has 9 N–H and O–H groups in total. The molecule has 0 rings (SSSR count). The van der Waals surface area contributed by atoms with Crippen LogP contribution in [0.3, 0.4) is 0 Å². The zero-order valence-electron chi connectivity index (χ0n) is 19.1. The number of hydrogen-bond donors (Lipinski definition) is 7. The fourth-order valence-corrected chi connectivity index (χ4v) is 3.60. The van der Waals surface area contributed by atoms with Gasteiger partial charge in [-0.25, -0.2) is 4.79 Å². The van der Waals surface area contributed by atoms with Crippen LogP contribution in [0.15, 0.2) is 0 Å². The first-order valence-corrected chi connectivity index (χ1v) is 13.1. The van der Waals surface area contributed by atoms with E-state index in [1.165, 1.54) is 23.5 Å². The van der Waals surface area contributed by atoms with Crippen molar-refractivity contribution in [3.05, 3.63) is 0 Å². The van der Waals surface area contributed by atoms with Crippen LogP contribution < -0.4 is 27.4 Å². The Morgan fingerprint density at radius 3 is 1.71 bits per heavy atom. The van der Waals surface area contributed by atoms with Crippen molar-refractivity contribution in [3.63, 3.8) is 0 Å². The lowest BCUT2D eigenvalue weighted by atomic mass is 10.1. The van der Waals surface area contributed by atoms with E-state index in [0.29, 0.717) is 17.9 Å². The van der Waals surface area contributed by atoms with E-state index in [4.69, 9.17) is 16.6 Å². The zero-order chi connectivity index (χ0) is 26.3. The molecule has 0 saturated heterocycles. The van der Waals surface area contributed by atoms with Crippen molar-refractivity contribution in [1.82, 2.24) is 16.0 Å². The molecular formula is C19H33N5O8S2. The van der Waals surface area contributed by atoms with Crippen LogP contribution in [0.2, 0.25) is 0 Å². The Labute approximate surface area is 205 Å². The van der Waals surface area contributed by atoms with Gasteiger partial charge in [-0.05, 0) is 43.3 Å². The molecular weight excluding hydrogens is 490 g/mol. The van der Waals surface area contributed by atoms with E-state index in [1.807, 2.05) is 6.26 Å². The summed E-state index contributed by atoms with van der Waals surface area (Å²) in [5, 5.41) is 25.2. The number of thioether (sulfide) groups is 2. The number of primary amides is 1. The number of carbonyl (C=O) groups excluding carboxylic acids is 4. The Balaban J connectivity index is 5.50. The van der Waals surface area contributed by atoms with Gasteiger partial charge in [-0.2, -0.15) is 23.5 Å². The van der Waals surface area contributed by atoms with E-state index in [1.54, 1.807) is 6.26 Å². The Morgan fingerprint density at radius 1 is 0.765 bits per heavy atom. The average Bonchev–Trinajstić information content (AvgIpc) is 2.76. The van der Waals surface area contributed by atoms with Crippen LogP contribution in [0.25, 0.3) is 0 Å². The highest BCUT2D eigenvalue weighted by molar-refractivity contribution is 7.98. The minimum Gasteiger partial charge on any atom is -0.481 e. The highest BCUT2D eigenvalue weighted by Crippen LogP contribution is 2.06. The monoisotopic (exact) mass is 523 g/mol. The first-order valence-electron chi connectivity index (χ1n) is 10.3. The van der Waals surface area contributed by atoms with Crippen molar-refractivity contribution in [2.45, 2.75) is 56.3 Å². The van der Waals surface area contributed by atoms with Crippen LogP contribution in [0, 0.1) is 0 Å². The molecule has 34 heavy (non-hydrogen) atoms. The van der Waals surface area contributed by atoms with Crippen molar-refractivity contribution in [3.8, 4) is 0 Å². The van der Waals surface area contributed by atoms with E-state index in [-0.39, 0.29) is 12.8 Å². The van der Waals surface area contributed by atoms with Gasteiger partial charge in [0, 0.05) is 6.42 Å². The minimum absolute atomic E-state index is 0.209. The molecule has 0 bridgehead atoms. The molecule has 0 saturated carbocycles. The van der Waals surface area contributed by atoms with Gasteiger partial charge in [-0.1, -0.05) is 0 Å². The van der Waals surface area contributed by atoms with Crippen LogP contribution >= 0.6 is 23.5 Å². The van der Waals surface area contributed by atoms with Crippen LogP contribution in [0.4, 0.5) is 0 Å². The maximum Gasteiger partial charge on any atom is 0.326 e. The summed E-state index contributed by atoms with van der Waals surface area (Å²) >= 11 is 2.93. The molecule has 0 fully saturated rings. The third-order valence-corrected chi connectivity index (χ3v) is 5.80. The molecule has 13 nitrogen and oxygen atoms in total. The number of rotatable bonds is 18. The third kappa shape index (κ3) is 13.3. The summed E-state index contributed by atoms with van der Waals surface area (Å²) in [7, 11) is 0. The molecule has 0 spiro atoms. The predicted molar refractivity (Wildman–Crippen MR) is 128 cm³/mol. The fraction of sp³-hybridized carbons (Fsp3) is 0.684. The summed E-state index contributed by atoms with van der Waals surface area (Å²) in [6.45, 7) is 0. The van der Waals surface area contributed by atoms with Gasteiger partial charge in [0.1, 0.15) is 18.1 Å². The van der Waals surface area contributed by atoms with Crippen molar-refractivity contribution >= 4 is 59.1 Å². The summed E-state index contributed by atoms with van der Waals surface area (Å²) in [5.74, 6) is -4.92. The van der Waals surface area contributed by atoms with Gasteiger partial charge >= 0.3 is 11.9 Å². The minimum atomic E-state index is -1.66. The van der Waals surface area contributed by atoms with Gasteiger partial charge in [0.2, 0.25) is 23.6 Å². The molecule has 0 aromatic carbocycles. The van der Waals surface area contributed by atoms with Crippen LogP contribution in [0.5, 0.6) is 0 Å². The first kappa shape index (κ1) is 31.5. The van der Waals surface area contributed by atoms with Crippen LogP contribution in [-0.2, 0) is 28.8 Å². The van der Waals surface area contributed by atoms with Crippen molar-refractivity contribution in [2.24, 2.45) is 11.5 Å². The van der Waals surface area contributed by atoms with Gasteiger partial charge in [0.05, 0.1) is 12.5 Å². The molecule has 4 atom stereocenters. The SMILES string of the molecule is CSCCC(N)C(=O)NC(CCSC)C(=O)NC(CCC(=O)O)C(=O)NC(CC(N)=O)C(=O)O. The number of amides is 4. The molecule has 4 amide bonds. The summed E-state index contributed by atoms with van der Waals surface area (Å²) in [4.78, 5) is 71.3. The topological polar surface area (TPSA) is 231 Å². The molecule has 0 aliphatic heterocycles. The van der Waals surface area contributed by atoms with E-state index in [2.05, 4.69) is 16.0 Å². The maximum absolute atomic E-state index is 12.9. The third-order valence-electron chi connectivity index (χ3n) is 4.51. The van der Waals surface area contributed by atoms with Gasteiger partial charge in [0.25, 0.3) is 0 Å². The fourth-order valence-electron chi connectivity index (χ4n) is 2.64. The molecule has 194 valence electrons. The molecule has 0 aliphatic rings. The van der Waals surface area contributed by atoms with Gasteiger partial charge in [0.15, 0.2) is 0 Å². The Hall–Kier alpha value is -2.52. The van der Waals surface area contributed by atoms with E-state index >= 15 is 0 Å². The predicted octanol–water partition coefficient (Wildman–Crippen LogP) is -1.90. The number of nitrogens with one attached hydrogen (secondary N) is 3. The van der Waals surface area contributed by atoms with Crippen molar-refractivity contribution in [1.29, 1.82) is 0 Å². The molecule has 0 aromatic rings. The van der Waals surface area contributed by atoms with E-state index in [0.717, 1.165) is 0 Å². The Kier molecular flexibility index (Phi) is 15.7. The van der Waals surface area contributed by atoms with Gasteiger partial charge in [-0.3, -0.25) is 24.0 Å². The van der Waals surface area contributed by atoms with E-state index in [9.17, 15) is 33.9 Å². The Bertz CT molecular complexity index is 739. The molecule has 4 unspecified atom stereocenters. The lowest BCUT2D eigenvalue weighted by Crippen LogP contribution is -2.57. The van der Waals surface area contributed by atoms with E-state index < -0.39 is 72.6 Å². The summed E-state index contributed by atoms with van der Waals surface area (Å²) in [5.41, 5.74) is 10.8. The van der Waals surface area contributed by atoms with Crippen molar-refractivity contribution in [2.75, 3.05) is 24.0 Å². The second-order valence-corrected chi connectivity index (χ2v) is 9.27. The number of carboxylic acids is 2. The number of carboxylic acid groups (broad SMARTS) is 2. The summed E-state index contributed by atoms with van der Waals surface area (Å²) < 4.78 is 0. The molecule has 0 heterocycles. The standard InChI is InChI=1S/C19H33N5O8S2/c1-33-7-5-10(20)16(28)22-12(6-8-34-2)18(30)23-11(3-4-15(26)27)17(29)24-13(19(31)32)9-14(21)25/h10-13H,3-9,20H2,1-2H3,(H2,21,25)(H,22,28)(H,23,30)(H,24,29)(H,26,27)(H,31,32). The second-order valence-electron chi connectivity index (χ2n) is 7.29. The lowest BCUT2D eigenvalue weighted by molar-refractivity contribution is -0.144. The first-order chi connectivity index (χ1) is 15.9. The largest absolute Gasteiger partial charge is 0.481 e.